The van der Waals surface area contributed by atoms with Crippen molar-refractivity contribution in [3.8, 4) is 0 Å². The van der Waals surface area contributed by atoms with Crippen LogP contribution in [0, 0.1) is 11.7 Å². The zero-order valence-electron chi connectivity index (χ0n) is 17.5. The number of carbonyl (C=O) groups excluding carboxylic acids is 1. The van der Waals surface area contributed by atoms with Crippen LogP contribution in [-0.4, -0.2) is 43.2 Å². The van der Waals surface area contributed by atoms with E-state index in [0.717, 1.165) is 24.3 Å². The summed E-state index contributed by atoms with van der Waals surface area (Å²) in [4.78, 5) is 13.6. The molecule has 2 atom stereocenters. The highest BCUT2D eigenvalue weighted by Gasteiger charge is 2.42. The van der Waals surface area contributed by atoms with Crippen molar-refractivity contribution < 1.29 is 40.3 Å². The molecule has 1 aliphatic heterocycles. The van der Waals surface area contributed by atoms with Crippen LogP contribution in [0.15, 0.2) is 42.5 Å². The van der Waals surface area contributed by atoms with Crippen molar-refractivity contribution in [3.63, 3.8) is 0 Å². The van der Waals surface area contributed by atoms with E-state index in [9.17, 15) is 35.5 Å². The maximum Gasteiger partial charge on any atom is 0.416 e. The third kappa shape index (κ3) is 7.07. The first-order valence-corrected chi connectivity index (χ1v) is 10.5. The zero-order chi connectivity index (χ0) is 25.1. The predicted molar refractivity (Wildman–Crippen MR) is 111 cm³/mol. The van der Waals surface area contributed by atoms with Gasteiger partial charge in [-0.05, 0) is 35.9 Å². The van der Waals surface area contributed by atoms with Gasteiger partial charge in [-0.2, -0.15) is 26.3 Å². The molecule has 0 radical (unpaired) electrons. The monoisotopic (exact) mass is 512 g/mol. The van der Waals surface area contributed by atoms with Crippen molar-refractivity contribution in [2.45, 2.75) is 24.9 Å². The molecule has 1 N–H and O–H groups in total. The predicted octanol–water partition coefficient (Wildman–Crippen LogP) is 6.08. The largest absolute Gasteiger partial charge is 0.416 e. The smallest absolute Gasteiger partial charge is 0.371 e. The Morgan fingerprint density at radius 1 is 1.15 bits per heavy atom. The molecular formula is C22H20ClF7N2O2. The molecule has 0 aromatic heterocycles. The summed E-state index contributed by atoms with van der Waals surface area (Å²) in [6.07, 6.45) is -11.0. The van der Waals surface area contributed by atoms with Crippen molar-refractivity contribution in [2.24, 2.45) is 5.92 Å². The first-order chi connectivity index (χ1) is 15.8. The number of benzene rings is 2. The van der Waals surface area contributed by atoms with Gasteiger partial charge >= 0.3 is 12.4 Å². The first-order valence-electron chi connectivity index (χ1n) is 10.2. The van der Waals surface area contributed by atoms with E-state index < -0.39 is 54.6 Å². The van der Waals surface area contributed by atoms with Crippen molar-refractivity contribution in [1.82, 2.24) is 4.90 Å². The van der Waals surface area contributed by atoms with E-state index >= 15 is 0 Å². The summed E-state index contributed by atoms with van der Waals surface area (Å²) in [6, 6.07) is 7.75. The molecule has 0 spiro atoms. The lowest BCUT2D eigenvalue weighted by atomic mass is 10.0. The highest BCUT2D eigenvalue weighted by molar-refractivity contribution is 6.30. The van der Waals surface area contributed by atoms with Crippen LogP contribution in [0.1, 0.15) is 23.7 Å². The number of halogens is 8. The van der Waals surface area contributed by atoms with Crippen LogP contribution in [-0.2, 0) is 15.7 Å². The van der Waals surface area contributed by atoms with E-state index in [1.807, 2.05) is 0 Å². The number of anilines is 1. The van der Waals surface area contributed by atoms with Crippen LogP contribution >= 0.6 is 11.6 Å². The van der Waals surface area contributed by atoms with Crippen LogP contribution in [0.4, 0.5) is 36.4 Å². The van der Waals surface area contributed by atoms with Gasteiger partial charge in [-0.15, -0.1) is 0 Å². The summed E-state index contributed by atoms with van der Waals surface area (Å²) in [5, 5.41) is 2.02. The van der Waals surface area contributed by atoms with Gasteiger partial charge in [0.1, 0.15) is 5.82 Å². The van der Waals surface area contributed by atoms with Gasteiger partial charge in [-0.25, -0.2) is 4.39 Å². The number of hydrogen-bond donors (Lipinski definition) is 1. The Morgan fingerprint density at radius 3 is 2.53 bits per heavy atom. The SMILES string of the molecule is O=C(CC(CN1CCO[C@H](c2cccc(C(F)(F)F)c2)C1)C(F)(F)F)Nc1ccc(Cl)c(F)c1. The van der Waals surface area contributed by atoms with Crippen LogP contribution < -0.4 is 5.32 Å². The summed E-state index contributed by atoms with van der Waals surface area (Å²) in [5.74, 6) is -3.85. The lowest BCUT2D eigenvalue weighted by Gasteiger charge is -2.35. The topological polar surface area (TPSA) is 41.6 Å². The molecule has 1 fully saturated rings. The molecule has 1 unspecified atom stereocenters. The average molecular weight is 513 g/mol. The second-order valence-corrected chi connectivity index (χ2v) is 8.27. The van der Waals surface area contributed by atoms with Crippen LogP contribution in [0.3, 0.4) is 0 Å². The second-order valence-electron chi connectivity index (χ2n) is 7.86. The minimum Gasteiger partial charge on any atom is -0.371 e. The Morgan fingerprint density at radius 2 is 1.88 bits per heavy atom. The summed E-state index contributed by atoms with van der Waals surface area (Å²) in [7, 11) is 0. The van der Waals surface area contributed by atoms with Crippen LogP contribution in [0.2, 0.25) is 5.02 Å². The third-order valence-electron chi connectivity index (χ3n) is 5.31. The summed E-state index contributed by atoms with van der Waals surface area (Å²) < 4.78 is 99.0. The summed E-state index contributed by atoms with van der Waals surface area (Å²) >= 11 is 5.55. The molecule has 4 nitrogen and oxygen atoms in total. The number of amides is 1. The fourth-order valence-corrected chi connectivity index (χ4v) is 3.71. The minimum atomic E-state index is -4.72. The normalized spacial score (nSPS) is 18.5. The molecule has 0 bridgehead atoms. The Hall–Kier alpha value is -2.37. The molecule has 0 saturated carbocycles. The fraction of sp³-hybridized carbons (Fsp3) is 0.409. The van der Waals surface area contributed by atoms with E-state index in [1.54, 1.807) is 0 Å². The Labute approximate surface area is 195 Å². The van der Waals surface area contributed by atoms with E-state index in [-0.39, 0.29) is 36.0 Å². The number of morpholine rings is 1. The molecule has 1 aliphatic rings. The molecule has 186 valence electrons. The Kier molecular flexibility index (Phi) is 8.10. The van der Waals surface area contributed by atoms with Gasteiger partial charge in [-0.1, -0.05) is 23.7 Å². The van der Waals surface area contributed by atoms with Gasteiger partial charge in [0.05, 0.1) is 29.2 Å². The second kappa shape index (κ2) is 10.5. The van der Waals surface area contributed by atoms with Gasteiger partial charge in [-0.3, -0.25) is 9.69 Å². The van der Waals surface area contributed by atoms with Gasteiger partial charge in [0.15, 0.2) is 0 Å². The third-order valence-corrected chi connectivity index (χ3v) is 5.62. The molecule has 1 amide bonds. The number of alkyl halides is 6. The molecule has 2 aromatic carbocycles. The zero-order valence-corrected chi connectivity index (χ0v) is 18.3. The molecule has 1 saturated heterocycles. The molecule has 12 heteroatoms. The van der Waals surface area contributed by atoms with E-state index in [1.165, 1.54) is 23.1 Å². The van der Waals surface area contributed by atoms with Gasteiger partial charge in [0.2, 0.25) is 5.91 Å². The molecule has 3 rings (SSSR count). The Balaban J connectivity index is 1.66. The fourth-order valence-electron chi connectivity index (χ4n) is 3.59. The van der Waals surface area contributed by atoms with E-state index in [0.29, 0.717) is 0 Å². The van der Waals surface area contributed by atoms with Crippen molar-refractivity contribution in [1.29, 1.82) is 0 Å². The molecule has 0 aliphatic carbocycles. The summed E-state index contributed by atoms with van der Waals surface area (Å²) in [6.45, 7) is -0.490. The lowest BCUT2D eigenvalue weighted by Crippen LogP contribution is -2.44. The minimum absolute atomic E-state index is 0.0156. The standard InChI is InChI=1S/C22H20ClF7N2O2/c23-17-5-4-16(10-18(17)24)31-20(33)9-15(22(28,29)30)11-32-6-7-34-19(12-32)13-2-1-3-14(8-13)21(25,26)27/h1-5,8,10,15,19H,6-7,9,11-12H2,(H,31,33)/t15?,19-/m0/s1. The molecule has 34 heavy (non-hydrogen) atoms. The van der Waals surface area contributed by atoms with Crippen LogP contribution in [0.5, 0.6) is 0 Å². The molecule has 1 heterocycles. The first kappa shape index (κ1) is 26.2. The quantitative estimate of drug-likeness (QED) is 0.477. The highest BCUT2D eigenvalue weighted by atomic mass is 35.5. The molecular weight excluding hydrogens is 493 g/mol. The number of nitrogens with one attached hydrogen (secondary N) is 1. The van der Waals surface area contributed by atoms with Crippen LogP contribution in [0.25, 0.3) is 0 Å². The molecule has 2 aromatic rings. The number of ether oxygens (including phenoxy) is 1. The number of carbonyl (C=O) groups is 1. The lowest BCUT2D eigenvalue weighted by molar-refractivity contribution is -0.185. The Bertz CT molecular complexity index is 1010. The average Bonchev–Trinajstić information content (AvgIpc) is 2.75. The van der Waals surface area contributed by atoms with Crippen molar-refractivity contribution in [3.05, 3.63) is 64.4 Å². The van der Waals surface area contributed by atoms with Gasteiger partial charge in [0.25, 0.3) is 0 Å². The van der Waals surface area contributed by atoms with Gasteiger partial charge < -0.3 is 10.1 Å². The maximum absolute atomic E-state index is 13.7. The van der Waals surface area contributed by atoms with E-state index in [2.05, 4.69) is 5.32 Å². The number of rotatable bonds is 6. The van der Waals surface area contributed by atoms with Crippen molar-refractivity contribution in [2.75, 3.05) is 31.6 Å². The maximum atomic E-state index is 13.7. The van der Waals surface area contributed by atoms with E-state index in [4.69, 9.17) is 16.3 Å². The van der Waals surface area contributed by atoms with Crippen molar-refractivity contribution >= 4 is 23.2 Å². The number of nitrogens with zero attached hydrogens (tertiary/aromatic N) is 1. The summed E-state index contributed by atoms with van der Waals surface area (Å²) in [5.41, 5.74) is -0.719. The highest BCUT2D eigenvalue weighted by Crippen LogP contribution is 2.34. The number of hydrogen-bond acceptors (Lipinski definition) is 3. The van der Waals surface area contributed by atoms with Gasteiger partial charge in [0, 0.05) is 31.7 Å².